The normalized spacial score (nSPS) is 12.4. The first kappa shape index (κ1) is 34.5. The van der Waals surface area contributed by atoms with Gasteiger partial charge in [-0.05, 0) is 38.1 Å². The summed E-state index contributed by atoms with van der Waals surface area (Å²) in [7, 11) is -13.2. The van der Waals surface area contributed by atoms with E-state index >= 15 is 0 Å². The Morgan fingerprint density at radius 2 is 1.08 bits per heavy atom. The Labute approximate surface area is 218 Å². The Bertz CT molecular complexity index is 1470. The van der Waals surface area contributed by atoms with E-state index in [0.717, 1.165) is 12.5 Å². The highest BCUT2D eigenvalue weighted by molar-refractivity contribution is 7.92. The molecule has 2 rings (SSSR count). The SMILES string of the molecule is CC(=O)CS(=O)(=O)c1ccccc1.CC(CS(=O)(=O)c1ccccc1)=NCS(C)(=O)=O.CS(=O)(=O)NN. The molecule has 0 saturated carbocycles. The molecule has 37 heavy (non-hydrogen) atoms. The van der Waals surface area contributed by atoms with Crippen molar-refractivity contribution in [3.63, 3.8) is 0 Å². The third-order valence-electron chi connectivity index (χ3n) is 3.78. The van der Waals surface area contributed by atoms with Crippen LogP contribution >= 0.6 is 0 Å². The maximum atomic E-state index is 11.9. The molecule has 0 atom stereocenters. The molecular weight excluding hydrogens is 567 g/mol. The van der Waals surface area contributed by atoms with E-state index in [-0.39, 0.29) is 32.9 Å². The molecule has 2 aromatic rings. The van der Waals surface area contributed by atoms with Gasteiger partial charge in [0.2, 0.25) is 10.0 Å². The predicted octanol–water partition coefficient (Wildman–Crippen LogP) is 0.382. The van der Waals surface area contributed by atoms with Gasteiger partial charge in [0.05, 0.1) is 21.8 Å². The molecule has 12 nitrogen and oxygen atoms in total. The minimum atomic E-state index is -3.45. The quantitative estimate of drug-likeness (QED) is 0.231. The van der Waals surface area contributed by atoms with E-state index in [1.165, 1.54) is 38.1 Å². The number of hydrazine groups is 1. The Kier molecular flexibility index (Phi) is 14.0. The number of Topliss-reactive ketones (excluding diaryl/α,β-unsaturated/α-hetero) is 1. The summed E-state index contributed by atoms with van der Waals surface area (Å²) >= 11 is 0. The zero-order chi connectivity index (χ0) is 28.9. The summed E-state index contributed by atoms with van der Waals surface area (Å²) in [6.45, 7) is 2.77. The maximum Gasteiger partial charge on any atom is 0.221 e. The monoisotopic (exact) mass is 597 g/mol. The molecule has 0 radical (unpaired) electrons. The van der Waals surface area contributed by atoms with Crippen molar-refractivity contribution in [2.75, 3.05) is 29.9 Å². The molecule has 0 spiro atoms. The van der Waals surface area contributed by atoms with Gasteiger partial charge in [0.15, 0.2) is 29.5 Å². The van der Waals surface area contributed by atoms with Gasteiger partial charge in [0.25, 0.3) is 0 Å². The fourth-order valence-corrected chi connectivity index (χ4v) is 5.35. The van der Waals surface area contributed by atoms with E-state index in [9.17, 15) is 38.5 Å². The maximum absolute atomic E-state index is 11.9. The third-order valence-corrected chi connectivity index (χ3v) is 8.37. The summed E-state index contributed by atoms with van der Waals surface area (Å²) in [5.41, 5.74) is 0.282. The molecule has 208 valence electrons. The van der Waals surface area contributed by atoms with Crippen LogP contribution in [0.1, 0.15) is 13.8 Å². The van der Waals surface area contributed by atoms with Gasteiger partial charge in [0.1, 0.15) is 17.4 Å². The van der Waals surface area contributed by atoms with Crippen LogP contribution in [0.5, 0.6) is 0 Å². The van der Waals surface area contributed by atoms with Crippen LogP contribution in [0.25, 0.3) is 0 Å². The number of nitrogens with zero attached hydrogens (tertiary/aromatic N) is 1. The summed E-state index contributed by atoms with van der Waals surface area (Å²) in [5, 5.41) is 0. The number of sulfonamides is 1. The van der Waals surface area contributed by atoms with Crippen molar-refractivity contribution < 1.29 is 38.5 Å². The third kappa shape index (κ3) is 16.8. The van der Waals surface area contributed by atoms with Crippen LogP contribution in [0.15, 0.2) is 75.4 Å². The molecule has 0 amide bonds. The number of carbonyl (C=O) groups is 1. The number of benzene rings is 2. The number of sulfone groups is 3. The number of carbonyl (C=O) groups excluding carboxylic acids is 1. The van der Waals surface area contributed by atoms with Gasteiger partial charge in [-0.2, -0.15) is 4.83 Å². The molecule has 2 aromatic carbocycles. The standard InChI is InChI=1S/C11H15NO4S2.C9H10O3S.CH6N2O2S/c1-10(12-9-17(2,13)14)8-18(15,16)11-6-4-3-5-7-11;1-8(10)7-13(11,12)9-5-3-2-4-6-9;1-6(4,5)3-2/h3-7H,8-9H2,1-2H3;2-6H,7H2,1H3;3H,2H2,1H3. The second-order valence-corrected chi connectivity index (χ2v) is 15.6. The van der Waals surface area contributed by atoms with E-state index < -0.39 is 45.3 Å². The fraction of sp³-hybridized carbons (Fsp3) is 0.333. The summed E-state index contributed by atoms with van der Waals surface area (Å²) < 4.78 is 88.1. The van der Waals surface area contributed by atoms with Gasteiger partial charge in [0, 0.05) is 12.0 Å². The second-order valence-electron chi connectivity index (χ2n) is 7.68. The van der Waals surface area contributed by atoms with Crippen LogP contribution in [0.2, 0.25) is 0 Å². The molecule has 0 bridgehead atoms. The molecule has 0 saturated heterocycles. The van der Waals surface area contributed by atoms with E-state index in [2.05, 4.69) is 10.8 Å². The topological polar surface area (TPSA) is 204 Å². The highest BCUT2D eigenvalue weighted by Crippen LogP contribution is 2.11. The van der Waals surface area contributed by atoms with Crippen molar-refractivity contribution in [2.45, 2.75) is 23.6 Å². The highest BCUT2D eigenvalue weighted by atomic mass is 32.2. The summed E-state index contributed by atoms with van der Waals surface area (Å²) in [6, 6.07) is 16.0. The number of ketones is 1. The lowest BCUT2D eigenvalue weighted by atomic mass is 10.4. The lowest BCUT2D eigenvalue weighted by Crippen LogP contribution is -2.28. The van der Waals surface area contributed by atoms with Crippen molar-refractivity contribution in [1.82, 2.24) is 4.83 Å². The zero-order valence-corrected chi connectivity index (χ0v) is 24.0. The summed E-state index contributed by atoms with van der Waals surface area (Å²) in [4.78, 5) is 16.4. The number of aliphatic imine (C=N–C) groups is 1. The molecule has 0 aromatic heterocycles. The summed E-state index contributed by atoms with van der Waals surface area (Å²) in [5.74, 6) is 3.05. The molecule has 0 aliphatic rings. The molecule has 16 heteroatoms. The van der Waals surface area contributed by atoms with Crippen molar-refractivity contribution in [2.24, 2.45) is 10.8 Å². The minimum Gasteiger partial charge on any atom is -0.299 e. The second kappa shape index (κ2) is 15.0. The molecule has 0 aliphatic heterocycles. The van der Waals surface area contributed by atoms with Crippen LogP contribution in [0, 0.1) is 0 Å². The lowest BCUT2D eigenvalue weighted by molar-refractivity contribution is -0.114. The van der Waals surface area contributed by atoms with E-state index in [4.69, 9.17) is 0 Å². The van der Waals surface area contributed by atoms with Crippen LogP contribution < -0.4 is 10.7 Å². The smallest absolute Gasteiger partial charge is 0.221 e. The Morgan fingerprint density at radius 3 is 1.38 bits per heavy atom. The summed E-state index contributed by atoms with van der Waals surface area (Å²) in [6.07, 6.45) is 2.03. The first-order valence-corrected chi connectivity index (χ1v) is 17.4. The Hall–Kier alpha value is -2.50. The minimum absolute atomic E-state index is 0.199. The molecule has 0 unspecified atom stereocenters. The van der Waals surface area contributed by atoms with Gasteiger partial charge in [-0.1, -0.05) is 36.4 Å². The number of nitrogens with one attached hydrogen (secondary N) is 1. The Morgan fingerprint density at radius 1 is 0.730 bits per heavy atom. The molecule has 0 fully saturated rings. The van der Waals surface area contributed by atoms with Gasteiger partial charge in [-0.25, -0.2) is 33.7 Å². The van der Waals surface area contributed by atoms with Crippen LogP contribution in [0.4, 0.5) is 0 Å². The van der Waals surface area contributed by atoms with Crippen molar-refractivity contribution in [3.05, 3.63) is 60.7 Å². The predicted molar refractivity (Wildman–Crippen MR) is 143 cm³/mol. The van der Waals surface area contributed by atoms with Crippen LogP contribution in [-0.4, -0.2) is 75.1 Å². The van der Waals surface area contributed by atoms with Crippen molar-refractivity contribution >= 4 is 51.0 Å². The van der Waals surface area contributed by atoms with Gasteiger partial charge in [-0.15, -0.1) is 0 Å². The molecule has 0 heterocycles. The molecular formula is C21H31N3O9S4. The Balaban J connectivity index is 0.000000594. The van der Waals surface area contributed by atoms with E-state index in [1.807, 2.05) is 0 Å². The fourth-order valence-electron chi connectivity index (χ4n) is 2.24. The van der Waals surface area contributed by atoms with Crippen molar-refractivity contribution in [1.29, 1.82) is 0 Å². The van der Waals surface area contributed by atoms with Crippen LogP contribution in [-0.2, 0) is 44.3 Å². The first-order valence-electron chi connectivity index (χ1n) is 10.2. The number of hydrogen-bond acceptors (Lipinski definition) is 11. The van der Waals surface area contributed by atoms with Gasteiger partial charge in [-0.3, -0.25) is 15.6 Å². The number of rotatable bonds is 9. The molecule has 3 N–H and O–H groups in total. The molecule has 0 aliphatic carbocycles. The van der Waals surface area contributed by atoms with E-state index in [1.54, 1.807) is 41.2 Å². The number of nitrogens with two attached hydrogens (primary N) is 1. The number of hydrogen-bond donors (Lipinski definition) is 2. The van der Waals surface area contributed by atoms with Gasteiger partial charge < -0.3 is 0 Å². The van der Waals surface area contributed by atoms with Gasteiger partial charge >= 0.3 is 0 Å². The zero-order valence-electron chi connectivity index (χ0n) is 20.7. The first-order chi connectivity index (χ1) is 16.8. The average molecular weight is 598 g/mol. The lowest BCUT2D eigenvalue weighted by Gasteiger charge is -2.04. The highest BCUT2D eigenvalue weighted by Gasteiger charge is 2.16. The largest absolute Gasteiger partial charge is 0.299 e. The van der Waals surface area contributed by atoms with Crippen LogP contribution in [0.3, 0.4) is 0 Å². The van der Waals surface area contributed by atoms with E-state index in [0.29, 0.717) is 0 Å². The average Bonchev–Trinajstić information content (AvgIpc) is 2.78. The van der Waals surface area contributed by atoms with Crippen molar-refractivity contribution in [3.8, 4) is 0 Å².